The minimum atomic E-state index is -0.0700. The van der Waals surface area contributed by atoms with Gasteiger partial charge in [0, 0.05) is 21.5 Å². The molecule has 31 heavy (non-hydrogen) atoms. The van der Waals surface area contributed by atoms with Crippen LogP contribution in [0.25, 0.3) is 22.2 Å². The number of halogens is 1. The Hall–Kier alpha value is -2.98. The van der Waals surface area contributed by atoms with Crippen molar-refractivity contribution in [2.45, 2.75) is 32.7 Å². The van der Waals surface area contributed by atoms with Crippen LogP contribution in [0, 0.1) is 6.92 Å². The number of rotatable bonds is 6. The van der Waals surface area contributed by atoms with Gasteiger partial charge in [-0.25, -0.2) is 4.98 Å². The number of aromatic nitrogens is 1. The maximum atomic E-state index is 13.3. The van der Waals surface area contributed by atoms with Crippen molar-refractivity contribution in [1.82, 2.24) is 10.3 Å². The molecule has 1 aromatic heterocycles. The van der Waals surface area contributed by atoms with E-state index < -0.39 is 0 Å². The Labute approximate surface area is 191 Å². The van der Waals surface area contributed by atoms with Gasteiger partial charge in [0.1, 0.15) is 0 Å². The van der Waals surface area contributed by atoms with Gasteiger partial charge in [-0.3, -0.25) is 4.79 Å². The number of hydrogen-bond donors (Lipinski definition) is 1. The number of benzene rings is 3. The molecule has 0 aliphatic heterocycles. The smallest absolute Gasteiger partial charge is 0.252 e. The molecule has 156 valence electrons. The van der Waals surface area contributed by atoms with E-state index in [4.69, 9.17) is 4.98 Å². The van der Waals surface area contributed by atoms with E-state index in [1.807, 2.05) is 54.6 Å². The molecule has 0 bridgehead atoms. The molecule has 1 N–H and O–H groups in total. The summed E-state index contributed by atoms with van der Waals surface area (Å²) in [5.41, 5.74) is 5.73. The number of carbonyl (C=O) groups excluding carboxylic acids is 1. The van der Waals surface area contributed by atoms with Gasteiger partial charge >= 0.3 is 0 Å². The fourth-order valence-electron chi connectivity index (χ4n) is 3.66. The minimum Gasteiger partial charge on any atom is -0.350 e. The van der Waals surface area contributed by atoms with E-state index in [9.17, 15) is 4.79 Å². The fourth-order valence-corrected chi connectivity index (χ4v) is 4.02. The quantitative estimate of drug-likeness (QED) is 0.338. The average Bonchev–Trinajstić information content (AvgIpc) is 2.78. The lowest BCUT2D eigenvalue weighted by Crippen LogP contribution is -2.33. The van der Waals surface area contributed by atoms with Gasteiger partial charge in [0.2, 0.25) is 0 Å². The monoisotopic (exact) mass is 472 g/mol. The van der Waals surface area contributed by atoms with Gasteiger partial charge in [-0.1, -0.05) is 76.1 Å². The van der Waals surface area contributed by atoms with Gasteiger partial charge in [-0.05, 0) is 56.5 Å². The number of hydrogen-bond acceptors (Lipinski definition) is 2. The molecule has 0 saturated heterocycles. The number of nitrogens with zero attached hydrogens (tertiary/aromatic N) is 1. The molecule has 3 nitrogen and oxygen atoms in total. The summed E-state index contributed by atoms with van der Waals surface area (Å²) in [4.78, 5) is 18.1. The molecule has 1 amide bonds. The Morgan fingerprint density at radius 2 is 1.74 bits per heavy atom. The van der Waals surface area contributed by atoms with Crippen LogP contribution in [0.15, 0.2) is 83.3 Å². The van der Waals surface area contributed by atoms with Crippen LogP contribution in [0.2, 0.25) is 0 Å². The third kappa shape index (κ3) is 5.20. The van der Waals surface area contributed by atoms with Crippen LogP contribution in [0.4, 0.5) is 0 Å². The van der Waals surface area contributed by atoms with Gasteiger partial charge in [-0.15, -0.1) is 0 Å². The maximum Gasteiger partial charge on any atom is 0.252 e. The number of amides is 1. The normalized spacial score (nSPS) is 12.0. The van der Waals surface area contributed by atoms with Crippen LogP contribution >= 0.6 is 15.9 Å². The number of pyridine rings is 1. The van der Waals surface area contributed by atoms with Crippen molar-refractivity contribution in [1.29, 1.82) is 0 Å². The summed E-state index contributed by atoms with van der Waals surface area (Å²) in [7, 11) is 0. The van der Waals surface area contributed by atoms with Crippen molar-refractivity contribution in [2.24, 2.45) is 0 Å². The van der Waals surface area contributed by atoms with Crippen molar-refractivity contribution in [2.75, 3.05) is 0 Å². The maximum absolute atomic E-state index is 13.3. The van der Waals surface area contributed by atoms with Crippen LogP contribution in [-0.4, -0.2) is 16.9 Å². The summed E-state index contributed by atoms with van der Waals surface area (Å²) in [5.74, 6) is -0.0700. The van der Waals surface area contributed by atoms with Crippen molar-refractivity contribution >= 4 is 32.7 Å². The molecule has 0 spiro atoms. The van der Waals surface area contributed by atoms with Crippen LogP contribution in [0.5, 0.6) is 0 Å². The number of nitrogens with one attached hydrogen (secondary N) is 1. The molecule has 0 aliphatic rings. The molecule has 0 fully saturated rings. The minimum absolute atomic E-state index is 0.0610. The Morgan fingerprint density at radius 1 is 1.00 bits per heavy atom. The largest absolute Gasteiger partial charge is 0.350 e. The lowest BCUT2D eigenvalue weighted by molar-refractivity contribution is 0.0940. The highest BCUT2D eigenvalue weighted by Gasteiger charge is 2.16. The second-order valence-electron chi connectivity index (χ2n) is 7.98. The van der Waals surface area contributed by atoms with E-state index in [0.717, 1.165) is 39.5 Å². The number of carbonyl (C=O) groups is 1. The third-order valence-electron chi connectivity index (χ3n) is 5.45. The van der Waals surface area contributed by atoms with Gasteiger partial charge in [0.25, 0.3) is 5.91 Å². The second-order valence-corrected chi connectivity index (χ2v) is 8.90. The Kier molecular flexibility index (Phi) is 6.47. The molecule has 4 aromatic rings. The summed E-state index contributed by atoms with van der Waals surface area (Å²) in [6, 6.07) is 26.4. The first-order chi connectivity index (χ1) is 15.0. The van der Waals surface area contributed by atoms with E-state index in [0.29, 0.717) is 5.56 Å². The first-order valence-corrected chi connectivity index (χ1v) is 11.3. The fraction of sp³-hybridized carbons (Fsp3) is 0.185. The molecular formula is C27H25BrN2O. The lowest BCUT2D eigenvalue weighted by Gasteiger charge is -2.16. The van der Waals surface area contributed by atoms with Crippen molar-refractivity contribution in [3.8, 4) is 11.3 Å². The topological polar surface area (TPSA) is 42.0 Å². The summed E-state index contributed by atoms with van der Waals surface area (Å²) in [6.45, 7) is 4.12. The van der Waals surface area contributed by atoms with Gasteiger partial charge in [0.15, 0.2) is 0 Å². The van der Waals surface area contributed by atoms with E-state index >= 15 is 0 Å². The van der Waals surface area contributed by atoms with E-state index in [2.05, 4.69) is 59.4 Å². The summed E-state index contributed by atoms with van der Waals surface area (Å²) < 4.78 is 0.927. The van der Waals surface area contributed by atoms with Gasteiger partial charge < -0.3 is 5.32 Å². The van der Waals surface area contributed by atoms with E-state index in [1.54, 1.807) is 0 Å². The molecule has 0 aliphatic carbocycles. The second kappa shape index (κ2) is 9.44. The number of fused-ring (bicyclic) bond motifs is 1. The first kappa shape index (κ1) is 21.3. The van der Waals surface area contributed by atoms with Crippen LogP contribution in [0.3, 0.4) is 0 Å². The molecule has 1 heterocycles. The van der Waals surface area contributed by atoms with Gasteiger partial charge in [-0.2, -0.15) is 0 Å². The standard InChI is InChI=1S/C27H25BrN2O/c1-18-8-12-21(13-9-18)26-17-24(23-16-22(28)14-15-25(23)30-26)27(31)29-19(2)10-11-20-6-4-3-5-7-20/h3-9,12-17,19H,10-11H2,1-2H3,(H,29,31)/t19-/m0/s1. The van der Waals surface area contributed by atoms with Crippen molar-refractivity contribution in [3.63, 3.8) is 0 Å². The molecule has 3 aromatic carbocycles. The molecule has 0 radical (unpaired) electrons. The van der Waals surface area contributed by atoms with Crippen molar-refractivity contribution in [3.05, 3.63) is 100 Å². The summed E-state index contributed by atoms with van der Waals surface area (Å²) >= 11 is 3.53. The molecule has 0 unspecified atom stereocenters. The van der Waals surface area contributed by atoms with E-state index in [-0.39, 0.29) is 11.9 Å². The SMILES string of the molecule is Cc1ccc(-c2cc(C(=O)N[C@@H](C)CCc3ccccc3)c3cc(Br)ccc3n2)cc1. The van der Waals surface area contributed by atoms with Gasteiger partial charge in [0.05, 0.1) is 16.8 Å². The highest BCUT2D eigenvalue weighted by molar-refractivity contribution is 9.10. The highest BCUT2D eigenvalue weighted by Crippen LogP contribution is 2.27. The molecule has 4 rings (SSSR count). The zero-order valence-electron chi connectivity index (χ0n) is 17.7. The van der Waals surface area contributed by atoms with Crippen molar-refractivity contribution < 1.29 is 4.79 Å². The molecule has 1 atom stereocenters. The molecule has 4 heteroatoms. The Bertz CT molecular complexity index is 1200. The lowest BCUT2D eigenvalue weighted by atomic mass is 10.0. The van der Waals surface area contributed by atoms with Crippen LogP contribution in [0.1, 0.15) is 34.8 Å². The predicted octanol–water partition coefficient (Wildman–Crippen LogP) is 6.72. The first-order valence-electron chi connectivity index (χ1n) is 10.5. The average molecular weight is 473 g/mol. The summed E-state index contributed by atoms with van der Waals surface area (Å²) in [6.07, 6.45) is 1.81. The molecule has 0 saturated carbocycles. The third-order valence-corrected chi connectivity index (χ3v) is 5.94. The number of aryl methyl sites for hydroxylation is 2. The Morgan fingerprint density at radius 3 is 2.48 bits per heavy atom. The summed E-state index contributed by atoms with van der Waals surface area (Å²) in [5, 5.41) is 4.03. The van der Waals surface area contributed by atoms with Crippen LogP contribution < -0.4 is 5.32 Å². The van der Waals surface area contributed by atoms with E-state index in [1.165, 1.54) is 11.1 Å². The van der Waals surface area contributed by atoms with Crippen LogP contribution in [-0.2, 0) is 6.42 Å². The zero-order valence-corrected chi connectivity index (χ0v) is 19.3. The molecular weight excluding hydrogens is 448 g/mol. The Balaban J connectivity index is 1.62. The highest BCUT2D eigenvalue weighted by atomic mass is 79.9. The predicted molar refractivity (Wildman–Crippen MR) is 131 cm³/mol. The zero-order chi connectivity index (χ0) is 21.8.